The third kappa shape index (κ3) is 7.92. The zero-order chi connectivity index (χ0) is 30.9. The average Bonchev–Trinajstić information content (AvgIpc) is 3.55. The largest absolute Gasteiger partial charge is 0.425 e. The first-order valence-corrected chi connectivity index (χ1v) is 14.9. The number of nitrogens with zero attached hydrogens (tertiary/aromatic N) is 5. The monoisotopic (exact) mass is 608 g/mol. The van der Waals surface area contributed by atoms with Gasteiger partial charge in [-0.05, 0) is 83.0 Å². The number of hydrogen-bond donors (Lipinski definition) is 1. The van der Waals surface area contributed by atoms with Gasteiger partial charge < -0.3 is 29.5 Å². The molecule has 1 saturated heterocycles. The molecule has 0 bridgehead atoms. The Bertz CT molecular complexity index is 1430. The van der Waals surface area contributed by atoms with Crippen molar-refractivity contribution in [3.63, 3.8) is 0 Å². The Hall–Kier alpha value is -4.38. The molecule has 12 heteroatoms. The molecule has 2 aromatic carbocycles. The van der Waals surface area contributed by atoms with Gasteiger partial charge in [-0.1, -0.05) is 17.7 Å². The summed E-state index contributed by atoms with van der Waals surface area (Å²) in [5.41, 5.74) is 0.822. The number of aromatic nitrogens is 2. The van der Waals surface area contributed by atoms with Gasteiger partial charge in [0.2, 0.25) is 5.95 Å². The highest BCUT2D eigenvalue weighted by Gasteiger charge is 2.25. The van der Waals surface area contributed by atoms with Crippen molar-refractivity contribution in [2.45, 2.75) is 46.6 Å². The van der Waals surface area contributed by atoms with Gasteiger partial charge in [0.25, 0.3) is 5.91 Å². The van der Waals surface area contributed by atoms with Gasteiger partial charge in [0.1, 0.15) is 23.2 Å². The second-order valence-corrected chi connectivity index (χ2v) is 10.4. The fourth-order valence-electron chi connectivity index (χ4n) is 4.64. The molecule has 2 heterocycles. The third-order valence-electron chi connectivity index (χ3n) is 7.05. The van der Waals surface area contributed by atoms with Crippen LogP contribution in [0.4, 0.5) is 22.2 Å². The van der Waals surface area contributed by atoms with Crippen molar-refractivity contribution < 1.29 is 23.9 Å². The summed E-state index contributed by atoms with van der Waals surface area (Å²) in [4.78, 5) is 53.2. The number of likely N-dealkylation sites (tertiary alicyclic amines) is 1. The third-order valence-corrected chi connectivity index (χ3v) is 7.28. The van der Waals surface area contributed by atoms with Crippen molar-refractivity contribution in [2.24, 2.45) is 0 Å². The zero-order valence-electron chi connectivity index (χ0n) is 24.9. The zero-order valence-corrected chi connectivity index (χ0v) is 25.6. The van der Waals surface area contributed by atoms with Crippen LogP contribution in [0.3, 0.4) is 0 Å². The maximum atomic E-state index is 13.5. The molecule has 11 nitrogen and oxygen atoms in total. The van der Waals surface area contributed by atoms with E-state index in [0.29, 0.717) is 66.5 Å². The summed E-state index contributed by atoms with van der Waals surface area (Å²) in [6, 6.07) is 12.1. The number of rotatable bonds is 11. The maximum Gasteiger partial charge on any atom is 0.415 e. The highest BCUT2D eigenvalue weighted by molar-refractivity contribution is 6.31. The van der Waals surface area contributed by atoms with E-state index >= 15 is 0 Å². The van der Waals surface area contributed by atoms with Crippen LogP contribution >= 0.6 is 11.6 Å². The summed E-state index contributed by atoms with van der Waals surface area (Å²) in [7, 11) is 0. The molecule has 0 spiro atoms. The van der Waals surface area contributed by atoms with Crippen molar-refractivity contribution in [3.05, 3.63) is 65.3 Å². The summed E-state index contributed by atoms with van der Waals surface area (Å²) < 4.78 is 11.0. The van der Waals surface area contributed by atoms with E-state index in [1.807, 2.05) is 25.7 Å². The number of esters is 1. The highest BCUT2D eigenvalue weighted by Crippen LogP contribution is 2.28. The second-order valence-electron chi connectivity index (χ2n) is 9.96. The van der Waals surface area contributed by atoms with E-state index in [0.717, 1.165) is 12.8 Å². The number of halogens is 1. The van der Waals surface area contributed by atoms with Crippen LogP contribution in [-0.4, -0.2) is 71.6 Å². The van der Waals surface area contributed by atoms with E-state index < -0.39 is 12.0 Å². The topological polar surface area (TPSA) is 117 Å². The Morgan fingerprint density at radius 3 is 2.23 bits per heavy atom. The lowest BCUT2D eigenvalue weighted by Gasteiger charge is -2.26. The minimum atomic E-state index is -0.842. The molecule has 1 aliphatic heterocycles. The molecule has 0 saturated carbocycles. The van der Waals surface area contributed by atoms with Gasteiger partial charge in [0.05, 0.1) is 6.20 Å². The smallest absolute Gasteiger partial charge is 0.415 e. The van der Waals surface area contributed by atoms with Crippen molar-refractivity contribution in [1.82, 2.24) is 14.9 Å². The number of carbonyl (C=O) groups is 3. The Morgan fingerprint density at radius 2 is 1.63 bits per heavy atom. The first-order chi connectivity index (χ1) is 20.7. The van der Waals surface area contributed by atoms with E-state index in [4.69, 9.17) is 26.1 Å². The van der Waals surface area contributed by atoms with E-state index in [2.05, 4.69) is 10.3 Å². The predicted octanol–water partition coefficient (Wildman–Crippen LogP) is 5.64. The number of anilines is 3. The molecule has 1 aliphatic rings. The van der Waals surface area contributed by atoms with Crippen LogP contribution in [0.1, 0.15) is 50.9 Å². The van der Waals surface area contributed by atoms with Crippen molar-refractivity contribution in [1.29, 1.82) is 0 Å². The number of nitrogens with one attached hydrogen (secondary N) is 1. The molecule has 43 heavy (non-hydrogen) atoms. The molecule has 4 rings (SSSR count). The maximum absolute atomic E-state index is 13.5. The number of hydrogen-bond acceptors (Lipinski definition) is 9. The molecular weight excluding hydrogens is 572 g/mol. The first kappa shape index (κ1) is 31.6. The van der Waals surface area contributed by atoms with E-state index in [-0.39, 0.29) is 17.7 Å². The van der Waals surface area contributed by atoms with Gasteiger partial charge in [-0.25, -0.2) is 14.6 Å². The van der Waals surface area contributed by atoms with Crippen LogP contribution in [-0.2, 0) is 4.79 Å². The number of benzene rings is 2. The Morgan fingerprint density at radius 1 is 0.977 bits per heavy atom. The SMILES string of the molecule is CCN(CC)c1ncc(N(CC)C(=O)c2cccc(Cl)c2)c(N[C@@H](C)C(=O)Oc2ccc(OC(=O)N3CCCC3)cc2)n1. The van der Waals surface area contributed by atoms with Gasteiger partial charge in [-0.2, -0.15) is 4.98 Å². The van der Waals surface area contributed by atoms with Crippen LogP contribution in [0.25, 0.3) is 0 Å². The summed E-state index contributed by atoms with van der Waals surface area (Å²) in [5.74, 6) is 0.567. The van der Waals surface area contributed by atoms with Gasteiger partial charge in [0.15, 0.2) is 5.82 Å². The Labute approximate surface area is 256 Å². The molecule has 1 N–H and O–H groups in total. The van der Waals surface area contributed by atoms with Crippen molar-refractivity contribution in [3.8, 4) is 11.5 Å². The summed E-state index contributed by atoms with van der Waals surface area (Å²) in [5, 5.41) is 3.57. The standard InChI is InChI=1S/C31H37ClN6O5/c1-5-36(6-2)30-33-20-26(38(7-3)28(39)22-11-10-12-23(32)19-22)27(35-30)34-21(4)29(40)42-24-13-15-25(16-14-24)43-31(41)37-17-8-9-18-37/h10-16,19-21H,5-9,17-18H2,1-4H3,(H,33,34,35)/t21-/m0/s1. The summed E-state index contributed by atoms with van der Waals surface area (Å²) in [6.07, 6.45) is 3.13. The molecule has 0 radical (unpaired) electrons. The number of ether oxygens (including phenoxy) is 2. The molecule has 1 fully saturated rings. The molecule has 2 amide bonds. The second kappa shape index (κ2) is 14.7. The van der Waals surface area contributed by atoms with Crippen molar-refractivity contribution >= 4 is 47.0 Å². The molecular formula is C31H37ClN6O5. The molecule has 1 aromatic heterocycles. The predicted molar refractivity (Wildman–Crippen MR) is 166 cm³/mol. The number of amides is 2. The summed E-state index contributed by atoms with van der Waals surface area (Å²) >= 11 is 6.14. The van der Waals surface area contributed by atoms with Gasteiger partial charge in [0, 0.05) is 43.3 Å². The minimum Gasteiger partial charge on any atom is -0.425 e. The first-order valence-electron chi connectivity index (χ1n) is 14.5. The normalized spacial score (nSPS) is 13.3. The van der Waals surface area contributed by atoms with Gasteiger partial charge in [-0.15, -0.1) is 0 Å². The van der Waals surface area contributed by atoms with E-state index in [9.17, 15) is 14.4 Å². The fraction of sp³-hybridized carbons (Fsp3) is 0.387. The Kier molecular flexibility index (Phi) is 10.8. The lowest BCUT2D eigenvalue weighted by molar-refractivity contribution is -0.134. The fourth-order valence-corrected chi connectivity index (χ4v) is 4.83. The molecule has 3 aromatic rings. The van der Waals surface area contributed by atoms with Gasteiger partial charge >= 0.3 is 12.1 Å². The Balaban J connectivity index is 1.51. The van der Waals surface area contributed by atoms with Gasteiger partial charge in [-0.3, -0.25) is 4.79 Å². The van der Waals surface area contributed by atoms with Crippen molar-refractivity contribution in [2.75, 3.05) is 47.8 Å². The van der Waals surface area contributed by atoms with Crippen LogP contribution in [0.2, 0.25) is 5.02 Å². The number of carbonyl (C=O) groups excluding carboxylic acids is 3. The van der Waals surface area contributed by atoms with Crippen LogP contribution in [0, 0.1) is 0 Å². The molecule has 228 valence electrons. The lowest BCUT2D eigenvalue weighted by atomic mass is 10.2. The average molecular weight is 609 g/mol. The molecule has 0 aliphatic carbocycles. The van der Waals surface area contributed by atoms with Crippen LogP contribution < -0.4 is 24.6 Å². The van der Waals surface area contributed by atoms with E-state index in [1.54, 1.807) is 66.6 Å². The quantitative estimate of drug-likeness (QED) is 0.218. The molecule has 0 unspecified atom stereocenters. The lowest BCUT2D eigenvalue weighted by Crippen LogP contribution is -2.35. The molecule has 1 atom stereocenters. The van der Waals surface area contributed by atoms with E-state index in [1.165, 1.54) is 4.90 Å². The highest BCUT2D eigenvalue weighted by atomic mass is 35.5. The minimum absolute atomic E-state index is 0.284. The van der Waals surface area contributed by atoms with Crippen LogP contribution in [0.15, 0.2) is 54.7 Å². The van der Waals surface area contributed by atoms with Crippen LogP contribution in [0.5, 0.6) is 11.5 Å². The summed E-state index contributed by atoms with van der Waals surface area (Å²) in [6.45, 7) is 10.5.